The predicted octanol–water partition coefficient (Wildman–Crippen LogP) is 8.70. The van der Waals surface area contributed by atoms with Crippen LogP contribution in [0.25, 0.3) is 22.3 Å². The lowest BCUT2D eigenvalue weighted by Crippen LogP contribution is -2.14. The molecule has 1 nitrogen and oxygen atoms in total. The van der Waals surface area contributed by atoms with Crippen LogP contribution in [-0.2, 0) is 12.3 Å². The largest absolute Gasteiger partial charge is 0.491 e. The fraction of sp³-hybridized carbons (Fsp3) is 0.308. The number of alkyl halides is 4. The van der Waals surface area contributed by atoms with Gasteiger partial charge in [-0.3, -0.25) is 0 Å². The van der Waals surface area contributed by atoms with E-state index in [0.717, 1.165) is 36.6 Å². The van der Waals surface area contributed by atoms with Gasteiger partial charge in [0.05, 0.1) is 17.7 Å². The van der Waals surface area contributed by atoms with Crippen molar-refractivity contribution in [3.63, 3.8) is 0 Å². The third-order valence-electron chi connectivity index (χ3n) is 5.34. The molecule has 0 fully saturated rings. The summed E-state index contributed by atoms with van der Waals surface area (Å²) in [6, 6.07) is 11.3. The molecular weight excluding hydrogens is 442 g/mol. The van der Waals surface area contributed by atoms with Crippen LogP contribution in [0.5, 0.6) is 5.75 Å². The number of benzene rings is 3. The third-order valence-corrected chi connectivity index (χ3v) is 5.34. The molecule has 0 heterocycles. The van der Waals surface area contributed by atoms with E-state index in [9.17, 15) is 22.0 Å². The van der Waals surface area contributed by atoms with E-state index in [4.69, 9.17) is 4.74 Å². The van der Waals surface area contributed by atoms with Crippen LogP contribution in [0.15, 0.2) is 48.5 Å². The van der Waals surface area contributed by atoms with Gasteiger partial charge in [-0.15, -0.1) is 0 Å². The SMILES string of the molecule is CCCc1ccc(-c2ccc(-c3ccc(OCC)c(F)c3C(C)(F)F)c(C(F)F)c2F)cc1. The van der Waals surface area contributed by atoms with Crippen molar-refractivity contribution in [3.05, 3.63) is 76.9 Å². The Morgan fingerprint density at radius 1 is 0.818 bits per heavy atom. The molecule has 0 amide bonds. The van der Waals surface area contributed by atoms with E-state index in [1.165, 1.54) is 6.07 Å². The van der Waals surface area contributed by atoms with Crippen molar-refractivity contribution >= 4 is 0 Å². The van der Waals surface area contributed by atoms with Crippen molar-refractivity contribution in [2.45, 2.75) is 46.0 Å². The first-order valence-corrected chi connectivity index (χ1v) is 10.6. The molecule has 7 heteroatoms. The Labute approximate surface area is 189 Å². The average Bonchev–Trinajstić information content (AvgIpc) is 2.74. The Hall–Kier alpha value is -2.96. The van der Waals surface area contributed by atoms with Gasteiger partial charge in [-0.05, 0) is 47.7 Å². The second-order valence-corrected chi connectivity index (χ2v) is 7.76. The van der Waals surface area contributed by atoms with Crippen molar-refractivity contribution in [1.82, 2.24) is 0 Å². The van der Waals surface area contributed by atoms with E-state index < -0.39 is 52.0 Å². The summed E-state index contributed by atoms with van der Waals surface area (Å²) in [5.41, 5.74) is -1.87. The van der Waals surface area contributed by atoms with E-state index in [1.807, 2.05) is 6.92 Å². The number of ether oxygens (including phenoxy) is 1. The summed E-state index contributed by atoms with van der Waals surface area (Å²) in [5.74, 6) is -6.75. The zero-order chi connectivity index (χ0) is 24.3. The molecule has 3 rings (SSSR count). The molecule has 0 radical (unpaired) electrons. The maximum Gasteiger partial charge on any atom is 0.274 e. The molecule has 0 aliphatic rings. The Morgan fingerprint density at radius 2 is 1.42 bits per heavy atom. The number of hydrogen-bond donors (Lipinski definition) is 0. The fourth-order valence-corrected chi connectivity index (χ4v) is 3.88. The van der Waals surface area contributed by atoms with Gasteiger partial charge in [-0.25, -0.2) is 26.3 Å². The molecule has 3 aromatic carbocycles. The van der Waals surface area contributed by atoms with Gasteiger partial charge in [-0.1, -0.05) is 49.7 Å². The lowest BCUT2D eigenvalue weighted by molar-refractivity contribution is 0.0138. The Bertz CT molecular complexity index is 1120. The Morgan fingerprint density at radius 3 is 1.97 bits per heavy atom. The quantitative estimate of drug-likeness (QED) is 0.302. The van der Waals surface area contributed by atoms with Crippen molar-refractivity contribution in [3.8, 4) is 28.0 Å². The minimum absolute atomic E-state index is 0.0215. The van der Waals surface area contributed by atoms with Crippen LogP contribution in [0, 0.1) is 11.6 Å². The highest BCUT2D eigenvalue weighted by atomic mass is 19.3. The molecular formula is C26H24F6O. The molecule has 0 aliphatic heterocycles. The van der Waals surface area contributed by atoms with E-state index in [-0.39, 0.29) is 12.2 Å². The van der Waals surface area contributed by atoms with Gasteiger partial charge >= 0.3 is 0 Å². The second kappa shape index (κ2) is 9.89. The second-order valence-electron chi connectivity index (χ2n) is 7.76. The Kier molecular flexibility index (Phi) is 7.40. The number of hydrogen-bond acceptors (Lipinski definition) is 1. The first-order valence-electron chi connectivity index (χ1n) is 10.6. The van der Waals surface area contributed by atoms with Gasteiger partial charge in [0, 0.05) is 12.5 Å². The van der Waals surface area contributed by atoms with Crippen LogP contribution in [0.2, 0.25) is 0 Å². The number of rotatable bonds is 8. The molecule has 176 valence electrons. The zero-order valence-electron chi connectivity index (χ0n) is 18.5. The maximum atomic E-state index is 15.3. The fourth-order valence-electron chi connectivity index (χ4n) is 3.88. The summed E-state index contributed by atoms with van der Waals surface area (Å²) in [6.07, 6.45) is -1.57. The van der Waals surface area contributed by atoms with E-state index in [2.05, 4.69) is 0 Å². The minimum Gasteiger partial charge on any atom is -0.491 e. The zero-order valence-corrected chi connectivity index (χ0v) is 18.5. The van der Waals surface area contributed by atoms with Crippen molar-refractivity contribution in [2.24, 2.45) is 0 Å². The summed E-state index contributed by atoms with van der Waals surface area (Å²) >= 11 is 0. The van der Waals surface area contributed by atoms with Crippen LogP contribution in [0.4, 0.5) is 26.3 Å². The summed E-state index contributed by atoms with van der Waals surface area (Å²) < 4.78 is 92.1. The molecule has 33 heavy (non-hydrogen) atoms. The van der Waals surface area contributed by atoms with Gasteiger partial charge in [0.15, 0.2) is 11.6 Å². The first-order chi connectivity index (χ1) is 15.6. The topological polar surface area (TPSA) is 9.23 Å². The number of halogens is 6. The molecule has 3 aromatic rings. The molecule has 0 bridgehead atoms. The highest BCUT2D eigenvalue weighted by molar-refractivity contribution is 5.77. The van der Waals surface area contributed by atoms with Crippen LogP contribution < -0.4 is 4.74 Å². The standard InChI is InChI=1S/C26H24F6O/c1-4-6-15-7-9-16(10-8-15)17-11-12-18(21(23(17)27)25(29)30)19-13-14-20(33-5-2)24(28)22(19)26(3,31)32/h7-14,25H,4-6H2,1-3H3. The normalized spacial score (nSPS) is 11.8. The van der Waals surface area contributed by atoms with E-state index >= 15 is 4.39 Å². The first kappa shape index (κ1) is 24.7. The van der Waals surface area contributed by atoms with E-state index in [0.29, 0.717) is 12.5 Å². The molecule has 0 aliphatic carbocycles. The molecule has 0 unspecified atom stereocenters. The lowest BCUT2D eigenvalue weighted by Gasteiger charge is -2.21. The lowest BCUT2D eigenvalue weighted by atomic mass is 9.89. The smallest absolute Gasteiger partial charge is 0.274 e. The number of aryl methyl sites for hydroxylation is 1. The average molecular weight is 466 g/mol. The summed E-state index contributed by atoms with van der Waals surface area (Å²) in [4.78, 5) is 0. The van der Waals surface area contributed by atoms with Crippen molar-refractivity contribution in [2.75, 3.05) is 6.61 Å². The van der Waals surface area contributed by atoms with Gasteiger partial charge in [0.2, 0.25) is 0 Å². The highest BCUT2D eigenvalue weighted by Gasteiger charge is 2.35. The molecule has 0 N–H and O–H groups in total. The maximum absolute atomic E-state index is 15.3. The highest BCUT2D eigenvalue weighted by Crippen LogP contribution is 2.45. The van der Waals surface area contributed by atoms with Crippen LogP contribution in [-0.4, -0.2) is 6.61 Å². The van der Waals surface area contributed by atoms with Crippen LogP contribution in [0.3, 0.4) is 0 Å². The summed E-state index contributed by atoms with van der Waals surface area (Å²) in [5, 5.41) is 0. The summed E-state index contributed by atoms with van der Waals surface area (Å²) in [6.45, 7) is 4.04. The van der Waals surface area contributed by atoms with Gasteiger partial charge < -0.3 is 4.74 Å². The Balaban J connectivity index is 2.23. The van der Waals surface area contributed by atoms with Crippen molar-refractivity contribution < 1.29 is 31.1 Å². The third kappa shape index (κ3) is 5.02. The summed E-state index contributed by atoms with van der Waals surface area (Å²) in [7, 11) is 0. The monoisotopic (exact) mass is 466 g/mol. The molecule has 0 atom stereocenters. The van der Waals surface area contributed by atoms with Crippen LogP contribution in [0.1, 0.15) is 50.3 Å². The predicted molar refractivity (Wildman–Crippen MR) is 117 cm³/mol. The molecule has 0 spiro atoms. The van der Waals surface area contributed by atoms with Crippen molar-refractivity contribution in [1.29, 1.82) is 0 Å². The van der Waals surface area contributed by atoms with Gasteiger partial charge in [-0.2, -0.15) is 0 Å². The molecule has 0 saturated heterocycles. The van der Waals surface area contributed by atoms with Gasteiger partial charge in [0.25, 0.3) is 12.3 Å². The molecule has 0 saturated carbocycles. The van der Waals surface area contributed by atoms with Crippen LogP contribution >= 0.6 is 0 Å². The molecule has 0 aromatic heterocycles. The van der Waals surface area contributed by atoms with E-state index in [1.54, 1.807) is 31.2 Å². The minimum atomic E-state index is -3.73. The van der Waals surface area contributed by atoms with Gasteiger partial charge in [0.1, 0.15) is 5.82 Å².